The average Bonchev–Trinajstić information content (AvgIpc) is 3.38. The number of amides is 1. The van der Waals surface area contributed by atoms with Crippen LogP contribution in [-0.4, -0.2) is 69.3 Å². The molecule has 0 atom stereocenters. The normalized spacial score (nSPS) is 10.4. The number of thioether (sulfide) groups is 1. The topological polar surface area (TPSA) is 148 Å². The summed E-state index contributed by atoms with van der Waals surface area (Å²) in [5.41, 5.74) is 0.904. The van der Waals surface area contributed by atoms with Gasteiger partial charge in [0.15, 0.2) is 11.5 Å². The largest absolute Gasteiger partial charge is 0.493 e. The summed E-state index contributed by atoms with van der Waals surface area (Å²) in [4.78, 5) is 36.3. The minimum atomic E-state index is -0.671. The second-order valence-corrected chi connectivity index (χ2v) is 7.83. The number of aromatic nitrogens is 2. The third-order valence-electron chi connectivity index (χ3n) is 4.70. The maximum absolute atomic E-state index is 12.5. The molecule has 1 aromatic heterocycles. The number of benzene rings is 2. The molecule has 2 aromatic carbocycles. The van der Waals surface area contributed by atoms with Crippen LogP contribution in [-0.2, 0) is 14.3 Å². The van der Waals surface area contributed by atoms with Crippen molar-refractivity contribution in [1.82, 2.24) is 10.2 Å². The summed E-state index contributed by atoms with van der Waals surface area (Å²) in [6.45, 7) is 0. The number of hydrogen-bond donors (Lipinski definition) is 1. The highest BCUT2D eigenvalue weighted by Gasteiger charge is 2.19. The Balaban J connectivity index is 1.72. The molecule has 1 N–H and O–H groups in total. The van der Waals surface area contributed by atoms with Gasteiger partial charge in [0.2, 0.25) is 17.5 Å². The minimum absolute atomic E-state index is 0.0789. The fourth-order valence-corrected chi connectivity index (χ4v) is 3.65. The molecule has 3 rings (SSSR count). The summed E-state index contributed by atoms with van der Waals surface area (Å²) in [5, 5.41) is 10.7. The van der Waals surface area contributed by atoms with E-state index in [0.29, 0.717) is 22.8 Å². The van der Waals surface area contributed by atoms with E-state index in [9.17, 15) is 14.4 Å². The Morgan fingerprint density at radius 3 is 1.92 bits per heavy atom. The standard InChI is InChI=1S/C23H23N3O9S/c1-30-16-9-12(10-17(31-2)19(16)32-3)20-25-26-23(35-20)36-11-18(27)24-15-7-13(21(28)33-4)6-14(8-15)22(29)34-5/h6-10H,11H2,1-5H3,(H,24,27). The van der Waals surface area contributed by atoms with Gasteiger partial charge in [-0.25, -0.2) is 9.59 Å². The van der Waals surface area contributed by atoms with Crippen LogP contribution >= 0.6 is 11.8 Å². The number of hydrogen-bond acceptors (Lipinski definition) is 12. The van der Waals surface area contributed by atoms with Crippen LogP contribution in [0, 0.1) is 0 Å². The van der Waals surface area contributed by atoms with Gasteiger partial charge in [-0.2, -0.15) is 0 Å². The molecular weight excluding hydrogens is 494 g/mol. The van der Waals surface area contributed by atoms with Crippen molar-refractivity contribution in [2.24, 2.45) is 0 Å². The van der Waals surface area contributed by atoms with E-state index >= 15 is 0 Å². The van der Waals surface area contributed by atoms with Crippen molar-refractivity contribution in [2.75, 3.05) is 46.6 Å². The van der Waals surface area contributed by atoms with Crippen LogP contribution < -0.4 is 19.5 Å². The Labute approximate surface area is 210 Å². The van der Waals surface area contributed by atoms with E-state index in [-0.39, 0.29) is 33.7 Å². The van der Waals surface area contributed by atoms with Gasteiger partial charge in [0.05, 0.1) is 52.4 Å². The molecule has 0 fully saturated rings. The number of methoxy groups -OCH3 is 5. The second kappa shape index (κ2) is 11.9. The highest BCUT2D eigenvalue weighted by atomic mass is 32.2. The molecule has 0 spiro atoms. The highest BCUT2D eigenvalue weighted by molar-refractivity contribution is 7.99. The first-order chi connectivity index (χ1) is 17.3. The maximum Gasteiger partial charge on any atom is 0.337 e. The summed E-state index contributed by atoms with van der Waals surface area (Å²) >= 11 is 0.998. The Morgan fingerprint density at radius 2 is 1.42 bits per heavy atom. The van der Waals surface area contributed by atoms with Gasteiger partial charge in [0, 0.05) is 11.3 Å². The Kier molecular flexibility index (Phi) is 8.73. The van der Waals surface area contributed by atoms with Crippen LogP contribution in [0.4, 0.5) is 5.69 Å². The smallest absolute Gasteiger partial charge is 0.337 e. The third-order valence-corrected chi connectivity index (χ3v) is 5.52. The Morgan fingerprint density at radius 1 is 0.833 bits per heavy atom. The Hall–Kier alpha value is -4.26. The molecule has 1 heterocycles. The van der Waals surface area contributed by atoms with Crippen molar-refractivity contribution in [2.45, 2.75) is 5.22 Å². The fourth-order valence-electron chi connectivity index (χ4n) is 3.08. The van der Waals surface area contributed by atoms with Gasteiger partial charge in [-0.05, 0) is 30.3 Å². The number of anilines is 1. The number of ether oxygens (including phenoxy) is 5. The zero-order valence-electron chi connectivity index (χ0n) is 20.1. The van der Waals surface area contributed by atoms with Crippen molar-refractivity contribution < 1.29 is 42.5 Å². The van der Waals surface area contributed by atoms with E-state index in [4.69, 9.17) is 28.1 Å². The number of carbonyl (C=O) groups excluding carboxylic acids is 3. The van der Waals surface area contributed by atoms with Crippen LogP contribution in [0.1, 0.15) is 20.7 Å². The predicted octanol–water partition coefficient (Wildman–Crippen LogP) is 3.07. The summed E-state index contributed by atoms with van der Waals surface area (Å²) in [6.07, 6.45) is 0. The molecule has 3 aromatic rings. The molecule has 0 aliphatic heterocycles. The highest BCUT2D eigenvalue weighted by Crippen LogP contribution is 2.41. The van der Waals surface area contributed by atoms with Crippen LogP contribution in [0.15, 0.2) is 40.0 Å². The first-order valence-corrected chi connectivity index (χ1v) is 11.2. The van der Waals surface area contributed by atoms with E-state index in [2.05, 4.69) is 15.5 Å². The summed E-state index contributed by atoms with van der Waals surface area (Å²) in [7, 11) is 6.89. The third kappa shape index (κ3) is 6.05. The molecule has 0 bridgehead atoms. The SMILES string of the molecule is COC(=O)c1cc(NC(=O)CSc2nnc(-c3cc(OC)c(OC)c(OC)c3)o2)cc(C(=O)OC)c1. The molecule has 0 aliphatic carbocycles. The number of nitrogens with one attached hydrogen (secondary N) is 1. The zero-order chi connectivity index (χ0) is 26.2. The molecule has 0 unspecified atom stereocenters. The summed E-state index contributed by atoms with van der Waals surface area (Å²) < 4.78 is 31.0. The van der Waals surface area contributed by atoms with E-state index in [1.54, 1.807) is 12.1 Å². The van der Waals surface area contributed by atoms with Crippen molar-refractivity contribution >= 4 is 35.3 Å². The lowest BCUT2D eigenvalue weighted by molar-refractivity contribution is -0.113. The number of carbonyl (C=O) groups is 3. The maximum atomic E-state index is 12.5. The zero-order valence-corrected chi connectivity index (χ0v) is 20.9. The number of nitrogens with zero attached hydrogens (tertiary/aromatic N) is 2. The van der Waals surface area contributed by atoms with Crippen molar-refractivity contribution in [3.05, 3.63) is 41.5 Å². The Bertz CT molecular complexity index is 1220. The molecule has 13 heteroatoms. The number of rotatable bonds is 10. The van der Waals surface area contributed by atoms with E-state index in [1.165, 1.54) is 53.7 Å². The van der Waals surface area contributed by atoms with Gasteiger partial charge in [-0.1, -0.05) is 11.8 Å². The molecule has 1 amide bonds. The van der Waals surface area contributed by atoms with Gasteiger partial charge in [-0.3, -0.25) is 4.79 Å². The minimum Gasteiger partial charge on any atom is -0.493 e. The first-order valence-electron chi connectivity index (χ1n) is 10.2. The van der Waals surface area contributed by atoms with Crippen LogP contribution in [0.2, 0.25) is 0 Å². The lowest BCUT2D eigenvalue weighted by atomic mass is 10.1. The monoisotopic (exact) mass is 517 g/mol. The predicted molar refractivity (Wildman–Crippen MR) is 128 cm³/mol. The van der Waals surface area contributed by atoms with Crippen molar-refractivity contribution in [1.29, 1.82) is 0 Å². The molecular formula is C23H23N3O9S. The second-order valence-electron chi connectivity index (χ2n) is 6.91. The van der Waals surface area contributed by atoms with Gasteiger partial charge >= 0.3 is 11.9 Å². The lowest BCUT2D eigenvalue weighted by Crippen LogP contribution is -2.16. The summed E-state index contributed by atoms with van der Waals surface area (Å²) in [5.74, 6) is -0.436. The van der Waals surface area contributed by atoms with E-state index in [0.717, 1.165) is 11.8 Å². The van der Waals surface area contributed by atoms with Crippen molar-refractivity contribution in [3.8, 4) is 28.7 Å². The molecule has 0 saturated carbocycles. The van der Waals surface area contributed by atoms with Crippen molar-refractivity contribution in [3.63, 3.8) is 0 Å². The fraction of sp³-hybridized carbons (Fsp3) is 0.261. The molecule has 12 nitrogen and oxygen atoms in total. The van der Waals surface area contributed by atoms with Crippen LogP contribution in [0.5, 0.6) is 17.2 Å². The van der Waals surface area contributed by atoms with Gasteiger partial charge in [0.1, 0.15) is 0 Å². The number of esters is 2. The quantitative estimate of drug-likeness (QED) is 0.311. The van der Waals surface area contributed by atoms with E-state index in [1.807, 2.05) is 0 Å². The summed E-state index contributed by atoms with van der Waals surface area (Å²) in [6, 6.07) is 7.39. The van der Waals surface area contributed by atoms with Crippen LogP contribution in [0.3, 0.4) is 0 Å². The average molecular weight is 518 g/mol. The van der Waals surface area contributed by atoms with Gasteiger partial charge < -0.3 is 33.4 Å². The lowest BCUT2D eigenvalue weighted by Gasteiger charge is -2.12. The molecule has 0 radical (unpaired) electrons. The molecule has 36 heavy (non-hydrogen) atoms. The van der Waals surface area contributed by atoms with E-state index < -0.39 is 17.8 Å². The first kappa shape index (κ1) is 26.3. The molecule has 190 valence electrons. The van der Waals surface area contributed by atoms with Gasteiger partial charge in [-0.15, -0.1) is 10.2 Å². The van der Waals surface area contributed by atoms with Gasteiger partial charge in [0.25, 0.3) is 5.22 Å². The molecule has 0 saturated heterocycles. The van der Waals surface area contributed by atoms with Crippen LogP contribution in [0.25, 0.3) is 11.5 Å². The molecule has 0 aliphatic rings.